The van der Waals surface area contributed by atoms with E-state index >= 15 is 0 Å². The Hall–Kier alpha value is -1.71. The Morgan fingerprint density at radius 2 is 1.84 bits per heavy atom. The molecule has 1 aromatic carbocycles. The van der Waals surface area contributed by atoms with Gasteiger partial charge in [0.15, 0.2) is 5.78 Å². The van der Waals surface area contributed by atoms with Crippen LogP contribution in [0.3, 0.4) is 0 Å². The summed E-state index contributed by atoms with van der Waals surface area (Å²) in [7, 11) is 0. The number of rotatable bonds is 7. The van der Waals surface area contributed by atoms with Gasteiger partial charge in [-0.1, -0.05) is 25.5 Å². The molecule has 1 unspecified atom stereocenters. The first-order chi connectivity index (χ1) is 9.10. The average Bonchev–Trinajstić information content (AvgIpc) is 2.39. The lowest BCUT2D eigenvalue weighted by molar-refractivity contribution is -0.147. The molecule has 4 heteroatoms. The largest absolute Gasteiger partial charge is 0.465 e. The second kappa shape index (κ2) is 7.67. The lowest BCUT2D eigenvalue weighted by Gasteiger charge is -2.14. The molecule has 19 heavy (non-hydrogen) atoms. The Bertz CT molecular complexity index is 426. The number of ketones is 1. The summed E-state index contributed by atoms with van der Waals surface area (Å²) in [6.07, 6.45) is 1.94. The number of Topliss-reactive ketones (excluding diaryl/α,β-unsaturated/α-hetero) is 1. The Morgan fingerprint density at radius 1 is 1.21 bits per heavy atom. The molecule has 0 amide bonds. The van der Waals surface area contributed by atoms with Crippen LogP contribution in [-0.4, -0.2) is 18.4 Å². The number of benzene rings is 1. The van der Waals surface area contributed by atoms with Crippen LogP contribution >= 0.6 is 0 Å². The lowest BCUT2D eigenvalue weighted by atomic mass is 9.92. The molecule has 0 spiro atoms. The van der Waals surface area contributed by atoms with E-state index in [1.807, 2.05) is 6.92 Å². The Morgan fingerprint density at radius 3 is 2.37 bits per heavy atom. The summed E-state index contributed by atoms with van der Waals surface area (Å²) in [4.78, 5) is 24.0. The van der Waals surface area contributed by atoms with E-state index in [0.717, 1.165) is 12.8 Å². The molecule has 0 saturated carbocycles. The number of hydrogen-bond acceptors (Lipinski definition) is 3. The second-order valence-corrected chi connectivity index (χ2v) is 4.31. The van der Waals surface area contributed by atoms with Crippen molar-refractivity contribution in [1.29, 1.82) is 0 Å². The van der Waals surface area contributed by atoms with Gasteiger partial charge in [-0.05, 0) is 31.0 Å². The highest BCUT2D eigenvalue weighted by molar-refractivity contribution is 6.04. The molecule has 0 aliphatic rings. The number of carbonyl (C=O) groups excluding carboxylic acids is 2. The van der Waals surface area contributed by atoms with E-state index in [4.69, 9.17) is 4.74 Å². The van der Waals surface area contributed by atoms with Crippen molar-refractivity contribution in [3.63, 3.8) is 0 Å². The molecule has 0 fully saturated rings. The van der Waals surface area contributed by atoms with Gasteiger partial charge >= 0.3 is 5.97 Å². The van der Waals surface area contributed by atoms with Crippen molar-refractivity contribution in [2.24, 2.45) is 0 Å². The quantitative estimate of drug-likeness (QED) is 0.562. The normalized spacial score (nSPS) is 11.9. The average molecular weight is 266 g/mol. The minimum Gasteiger partial charge on any atom is -0.465 e. The summed E-state index contributed by atoms with van der Waals surface area (Å²) in [5, 5.41) is 0. The van der Waals surface area contributed by atoms with Crippen LogP contribution in [0.15, 0.2) is 24.3 Å². The van der Waals surface area contributed by atoms with Crippen molar-refractivity contribution in [3.8, 4) is 0 Å². The topological polar surface area (TPSA) is 43.4 Å². The van der Waals surface area contributed by atoms with Crippen LogP contribution in [0.1, 0.15) is 44.6 Å². The molecule has 1 rings (SSSR count). The minimum atomic E-state index is -0.938. The molecule has 104 valence electrons. The van der Waals surface area contributed by atoms with Gasteiger partial charge in [0.1, 0.15) is 11.7 Å². The Kier molecular flexibility index (Phi) is 6.19. The first-order valence-electron chi connectivity index (χ1n) is 6.55. The fourth-order valence-electron chi connectivity index (χ4n) is 1.83. The number of carbonyl (C=O) groups is 2. The Balaban J connectivity index is 2.94. The zero-order chi connectivity index (χ0) is 14.3. The number of halogens is 1. The van der Waals surface area contributed by atoms with Gasteiger partial charge in [-0.2, -0.15) is 0 Å². The van der Waals surface area contributed by atoms with Gasteiger partial charge in [-0.25, -0.2) is 4.39 Å². The molecule has 0 aliphatic heterocycles. The monoisotopic (exact) mass is 266 g/mol. The van der Waals surface area contributed by atoms with Crippen LogP contribution < -0.4 is 0 Å². The summed E-state index contributed by atoms with van der Waals surface area (Å²) in [5.74, 6) is -2.07. The van der Waals surface area contributed by atoms with Crippen LogP contribution in [0.2, 0.25) is 0 Å². The molecule has 0 bridgehead atoms. The zero-order valence-corrected chi connectivity index (χ0v) is 11.3. The second-order valence-electron chi connectivity index (χ2n) is 4.31. The number of unbranched alkanes of at least 4 members (excludes halogenated alkanes) is 1. The summed E-state index contributed by atoms with van der Waals surface area (Å²) in [6.45, 7) is 3.89. The van der Waals surface area contributed by atoms with Crippen LogP contribution in [0.25, 0.3) is 0 Å². The van der Waals surface area contributed by atoms with Crippen LogP contribution in [0, 0.1) is 5.82 Å². The summed E-state index contributed by atoms with van der Waals surface area (Å²) in [6, 6.07) is 5.41. The van der Waals surface area contributed by atoms with Gasteiger partial charge in [-0.15, -0.1) is 0 Å². The van der Waals surface area contributed by atoms with E-state index in [0.29, 0.717) is 12.0 Å². The van der Waals surface area contributed by atoms with Crippen molar-refractivity contribution in [1.82, 2.24) is 0 Å². The molecule has 0 heterocycles. The van der Waals surface area contributed by atoms with Gasteiger partial charge in [0, 0.05) is 6.42 Å². The van der Waals surface area contributed by atoms with E-state index in [1.165, 1.54) is 24.3 Å². The van der Waals surface area contributed by atoms with Crippen LogP contribution in [0.5, 0.6) is 0 Å². The highest BCUT2D eigenvalue weighted by Gasteiger charge is 2.28. The van der Waals surface area contributed by atoms with Crippen molar-refractivity contribution < 1.29 is 18.7 Å². The van der Waals surface area contributed by atoms with Crippen molar-refractivity contribution in [3.05, 3.63) is 35.6 Å². The molecule has 3 nitrogen and oxygen atoms in total. The summed E-state index contributed by atoms with van der Waals surface area (Å²) >= 11 is 0. The third kappa shape index (κ3) is 4.47. The predicted octanol–water partition coefficient (Wildman–Crippen LogP) is 3.23. The third-order valence-corrected chi connectivity index (χ3v) is 2.82. The molecule has 1 aromatic rings. The van der Waals surface area contributed by atoms with Gasteiger partial charge in [-0.3, -0.25) is 9.59 Å². The van der Waals surface area contributed by atoms with Crippen LogP contribution in [-0.2, 0) is 14.3 Å². The predicted molar refractivity (Wildman–Crippen MR) is 70.3 cm³/mol. The first kappa shape index (κ1) is 15.3. The van der Waals surface area contributed by atoms with Crippen molar-refractivity contribution in [2.75, 3.05) is 6.61 Å². The standard InChI is InChI=1S/C15H19FO3/c1-3-5-6-13(17)14(15(18)19-4-2)11-7-9-12(16)10-8-11/h7-10,14H,3-6H2,1-2H3. The molecule has 0 N–H and O–H groups in total. The maximum Gasteiger partial charge on any atom is 0.321 e. The molecule has 0 aromatic heterocycles. The fourth-order valence-corrected chi connectivity index (χ4v) is 1.83. The summed E-state index contributed by atoms with van der Waals surface area (Å²) < 4.78 is 17.8. The van der Waals surface area contributed by atoms with Crippen molar-refractivity contribution in [2.45, 2.75) is 39.0 Å². The highest BCUT2D eigenvalue weighted by Crippen LogP contribution is 2.21. The molecule has 0 radical (unpaired) electrons. The fraction of sp³-hybridized carbons (Fsp3) is 0.467. The summed E-state index contributed by atoms with van der Waals surface area (Å²) in [5.41, 5.74) is 0.487. The molecule has 0 aliphatic carbocycles. The van der Waals surface area contributed by atoms with E-state index in [1.54, 1.807) is 6.92 Å². The van der Waals surface area contributed by atoms with Gasteiger partial charge in [0.25, 0.3) is 0 Å². The number of ether oxygens (including phenoxy) is 1. The van der Waals surface area contributed by atoms with Gasteiger partial charge in [0.05, 0.1) is 6.61 Å². The van der Waals surface area contributed by atoms with E-state index < -0.39 is 17.7 Å². The number of hydrogen-bond donors (Lipinski definition) is 0. The molecular weight excluding hydrogens is 247 g/mol. The minimum absolute atomic E-state index is 0.174. The van der Waals surface area contributed by atoms with Gasteiger partial charge < -0.3 is 4.74 Å². The maximum absolute atomic E-state index is 12.9. The molecular formula is C15H19FO3. The van der Waals surface area contributed by atoms with E-state index in [9.17, 15) is 14.0 Å². The Labute approximate surface area is 112 Å². The third-order valence-electron chi connectivity index (χ3n) is 2.82. The van der Waals surface area contributed by atoms with E-state index in [-0.39, 0.29) is 12.4 Å². The smallest absolute Gasteiger partial charge is 0.321 e. The lowest BCUT2D eigenvalue weighted by Crippen LogP contribution is -2.24. The number of esters is 1. The van der Waals surface area contributed by atoms with Crippen LogP contribution in [0.4, 0.5) is 4.39 Å². The maximum atomic E-state index is 12.9. The van der Waals surface area contributed by atoms with Crippen molar-refractivity contribution >= 4 is 11.8 Å². The highest BCUT2D eigenvalue weighted by atomic mass is 19.1. The zero-order valence-electron chi connectivity index (χ0n) is 11.3. The van der Waals surface area contributed by atoms with Gasteiger partial charge in [0.2, 0.25) is 0 Å². The molecule has 1 atom stereocenters. The first-order valence-corrected chi connectivity index (χ1v) is 6.55. The SMILES string of the molecule is CCCCC(=O)C(C(=O)OCC)c1ccc(F)cc1. The van der Waals surface area contributed by atoms with E-state index in [2.05, 4.69) is 0 Å². The molecule has 0 saturated heterocycles.